The molecule has 1 aromatic rings. The maximum Gasteiger partial charge on any atom is 0.168 e. The molecular formula is C23H42ClNO4. The van der Waals surface area contributed by atoms with E-state index < -0.39 is 10.2 Å². The Kier molecular flexibility index (Phi) is 20.0. The lowest BCUT2D eigenvalue weighted by Gasteiger charge is -2.17. The van der Waals surface area contributed by atoms with Crippen LogP contribution in [0.3, 0.4) is 0 Å². The van der Waals surface area contributed by atoms with Crippen LogP contribution in [-0.4, -0.2) is 0 Å². The molecule has 0 atom stereocenters. The highest BCUT2D eigenvalue weighted by Gasteiger charge is 1.98. The molecule has 0 radical (unpaired) electrons. The van der Waals surface area contributed by atoms with Crippen LogP contribution >= 0.6 is 0 Å². The van der Waals surface area contributed by atoms with E-state index in [4.69, 9.17) is 18.6 Å². The van der Waals surface area contributed by atoms with E-state index in [1.807, 2.05) is 0 Å². The van der Waals surface area contributed by atoms with Crippen LogP contribution in [0.25, 0.3) is 0 Å². The molecule has 0 aromatic carbocycles. The molecule has 6 heteroatoms. The summed E-state index contributed by atoms with van der Waals surface area (Å²) in [7, 11) is -4.94. The minimum atomic E-state index is -4.94. The van der Waals surface area contributed by atoms with E-state index in [9.17, 15) is 0 Å². The summed E-state index contributed by atoms with van der Waals surface area (Å²) in [5, 5.41) is 0. The first-order chi connectivity index (χ1) is 13.9. The number of hydrogen-bond acceptors (Lipinski definition) is 4. The van der Waals surface area contributed by atoms with Gasteiger partial charge in [0.1, 0.15) is 6.54 Å². The largest absolute Gasteiger partial charge is 0.222 e. The van der Waals surface area contributed by atoms with E-state index in [0.29, 0.717) is 0 Å². The summed E-state index contributed by atoms with van der Waals surface area (Å²) in [6, 6.07) is 6.32. The van der Waals surface area contributed by atoms with Crippen molar-refractivity contribution in [2.24, 2.45) is 0 Å². The molecule has 5 nitrogen and oxygen atoms in total. The van der Waals surface area contributed by atoms with E-state index in [0.717, 1.165) is 0 Å². The van der Waals surface area contributed by atoms with Gasteiger partial charge in [0.2, 0.25) is 0 Å². The molecule has 170 valence electrons. The quantitative estimate of drug-likeness (QED) is 0.279. The van der Waals surface area contributed by atoms with Crippen molar-refractivity contribution >= 4 is 0 Å². The molecule has 0 aliphatic heterocycles. The van der Waals surface area contributed by atoms with Gasteiger partial charge in [-0.2, -0.15) is 0 Å². The molecule has 0 amide bonds. The minimum absolute atomic E-state index is 1.18. The zero-order valence-electron chi connectivity index (χ0n) is 18.4. The highest BCUT2D eigenvalue weighted by Crippen LogP contribution is 2.13. The Hall–Kier alpha value is -0.720. The standard InChI is InChI=1S/C23H42N.ClHO4/c1-2-3-4-5-6-7-8-9-10-11-12-13-14-15-16-18-21-24-22-19-17-20-23-24;2-1(3,4)5/h17,19-20,22-23H,2-16,18,21H2,1H3;(H,2,3,4,5)/q+1;/p-1. The molecule has 0 unspecified atom stereocenters. The number of pyridine rings is 1. The van der Waals surface area contributed by atoms with Crippen LogP contribution < -0.4 is 23.2 Å². The first kappa shape index (κ1) is 28.3. The average molecular weight is 432 g/mol. The normalized spacial score (nSPS) is 11.2. The summed E-state index contributed by atoms with van der Waals surface area (Å²) in [5.41, 5.74) is 0. The van der Waals surface area contributed by atoms with Gasteiger partial charge in [0.25, 0.3) is 0 Å². The van der Waals surface area contributed by atoms with Crippen molar-refractivity contribution in [1.29, 1.82) is 0 Å². The van der Waals surface area contributed by atoms with Crippen LogP contribution in [-0.2, 0) is 6.54 Å². The summed E-state index contributed by atoms with van der Waals surface area (Å²) in [5.74, 6) is 0. The molecule has 29 heavy (non-hydrogen) atoms. The lowest BCUT2D eigenvalue weighted by molar-refractivity contribution is -2.00. The Bertz CT molecular complexity index is 434. The predicted octanol–water partition coefficient (Wildman–Crippen LogP) is 2.48. The summed E-state index contributed by atoms with van der Waals surface area (Å²) in [4.78, 5) is 0. The molecule has 0 saturated carbocycles. The van der Waals surface area contributed by atoms with Crippen LogP contribution in [0.5, 0.6) is 0 Å². The fourth-order valence-corrected chi connectivity index (χ4v) is 3.43. The smallest absolute Gasteiger partial charge is 0.168 e. The van der Waals surface area contributed by atoms with Crippen LogP contribution in [0.2, 0.25) is 0 Å². The topological polar surface area (TPSA) is 96.1 Å². The molecule has 0 N–H and O–H groups in total. The number of aryl methyl sites for hydroxylation is 1. The molecule has 1 heterocycles. The van der Waals surface area contributed by atoms with Gasteiger partial charge in [-0.05, 0) is 6.42 Å². The monoisotopic (exact) mass is 431 g/mol. The van der Waals surface area contributed by atoms with Gasteiger partial charge < -0.3 is 0 Å². The summed E-state index contributed by atoms with van der Waals surface area (Å²) in [6.45, 7) is 3.48. The second-order valence-corrected chi connectivity index (χ2v) is 8.55. The average Bonchev–Trinajstić information content (AvgIpc) is 2.67. The molecule has 0 spiro atoms. The third kappa shape index (κ3) is 27.3. The van der Waals surface area contributed by atoms with Crippen molar-refractivity contribution in [3.63, 3.8) is 0 Å². The Morgan fingerprint density at radius 1 is 0.517 bits per heavy atom. The number of hydrogen-bond donors (Lipinski definition) is 0. The van der Waals surface area contributed by atoms with Gasteiger partial charge in [-0.15, -0.1) is 10.2 Å². The Labute approximate surface area is 180 Å². The fourth-order valence-electron chi connectivity index (χ4n) is 3.43. The van der Waals surface area contributed by atoms with Crippen molar-refractivity contribution in [3.05, 3.63) is 30.6 Å². The first-order valence-electron chi connectivity index (χ1n) is 11.5. The molecule has 0 bridgehead atoms. The first-order valence-corrected chi connectivity index (χ1v) is 12.7. The molecule has 0 aliphatic carbocycles. The highest BCUT2D eigenvalue weighted by molar-refractivity contribution is 4.83. The second-order valence-electron chi connectivity index (χ2n) is 7.79. The Balaban J connectivity index is 0.00000139. The van der Waals surface area contributed by atoms with Crippen molar-refractivity contribution in [1.82, 2.24) is 0 Å². The number of aromatic nitrogens is 1. The van der Waals surface area contributed by atoms with Crippen molar-refractivity contribution in [2.75, 3.05) is 0 Å². The van der Waals surface area contributed by atoms with Gasteiger partial charge in [0.05, 0.1) is 0 Å². The molecule has 1 aromatic heterocycles. The lowest BCUT2D eigenvalue weighted by Crippen LogP contribution is -2.68. The van der Waals surface area contributed by atoms with Crippen LogP contribution in [0.15, 0.2) is 30.6 Å². The minimum Gasteiger partial charge on any atom is -0.222 e. The summed E-state index contributed by atoms with van der Waals surface area (Å²) < 4.78 is 36.3. The van der Waals surface area contributed by atoms with E-state index >= 15 is 0 Å². The third-order valence-electron chi connectivity index (χ3n) is 5.05. The van der Waals surface area contributed by atoms with Gasteiger partial charge in [-0.3, -0.25) is 0 Å². The fraction of sp³-hybridized carbons (Fsp3) is 0.783. The van der Waals surface area contributed by atoms with Crippen LogP contribution in [0, 0.1) is 10.2 Å². The number of nitrogens with zero attached hydrogens (tertiary/aromatic N) is 1. The van der Waals surface area contributed by atoms with Gasteiger partial charge in [0.15, 0.2) is 12.4 Å². The molecule has 0 saturated heterocycles. The molecular weight excluding hydrogens is 390 g/mol. The number of rotatable bonds is 17. The predicted molar refractivity (Wildman–Crippen MR) is 106 cm³/mol. The van der Waals surface area contributed by atoms with E-state index in [-0.39, 0.29) is 0 Å². The van der Waals surface area contributed by atoms with Crippen molar-refractivity contribution < 1.29 is 33.4 Å². The van der Waals surface area contributed by atoms with Gasteiger partial charge >= 0.3 is 0 Å². The van der Waals surface area contributed by atoms with E-state index in [1.165, 1.54) is 109 Å². The number of unbranched alkanes of at least 4 members (excludes halogenated alkanes) is 15. The van der Waals surface area contributed by atoms with Crippen LogP contribution in [0.1, 0.15) is 110 Å². The lowest BCUT2D eigenvalue weighted by atomic mass is 10.0. The maximum absolute atomic E-state index is 8.49. The maximum atomic E-state index is 8.49. The van der Waals surface area contributed by atoms with Gasteiger partial charge in [-0.1, -0.05) is 103 Å². The molecule has 0 aliphatic rings. The summed E-state index contributed by atoms with van der Waals surface area (Å²) >= 11 is 0. The van der Waals surface area contributed by atoms with Crippen LogP contribution in [0.4, 0.5) is 0 Å². The zero-order valence-corrected chi connectivity index (χ0v) is 19.1. The summed E-state index contributed by atoms with van der Waals surface area (Å²) in [6.07, 6.45) is 27.4. The third-order valence-corrected chi connectivity index (χ3v) is 5.05. The Morgan fingerprint density at radius 2 is 0.828 bits per heavy atom. The molecule has 1 rings (SSSR count). The highest BCUT2D eigenvalue weighted by atomic mass is 35.7. The Morgan fingerprint density at radius 3 is 1.17 bits per heavy atom. The van der Waals surface area contributed by atoms with E-state index in [1.54, 1.807) is 0 Å². The second kappa shape index (κ2) is 20.5. The van der Waals surface area contributed by atoms with Gasteiger partial charge in [0, 0.05) is 18.6 Å². The SMILES string of the molecule is CCCCCCCCCCCCCCCCCC[n+]1ccccc1.[O-][Cl+3]([O-])([O-])[O-]. The van der Waals surface area contributed by atoms with Gasteiger partial charge in [-0.25, -0.2) is 23.2 Å². The van der Waals surface area contributed by atoms with Crippen molar-refractivity contribution in [2.45, 2.75) is 116 Å². The molecule has 0 fully saturated rings. The zero-order chi connectivity index (χ0) is 21.6. The van der Waals surface area contributed by atoms with E-state index in [2.05, 4.69) is 42.1 Å². The van der Waals surface area contributed by atoms with Crippen molar-refractivity contribution in [3.8, 4) is 0 Å². The number of halogens is 1.